The number of aliphatic imine (C=N–C) groups is 1. The Balaban J connectivity index is 1.44. The number of rotatable bonds is 9. The number of aromatic nitrogens is 1. The number of benzene rings is 3. The number of carbonyl (C=O) groups excluding carboxylic acids is 2. The number of anilines is 1. The predicted molar refractivity (Wildman–Crippen MR) is 168 cm³/mol. The summed E-state index contributed by atoms with van der Waals surface area (Å²) in [4.78, 5) is 48.7. The number of fused-ring (bicyclic) bond motifs is 1. The Morgan fingerprint density at radius 3 is 2.34 bits per heavy atom. The first-order valence-corrected chi connectivity index (χ1v) is 15.4. The number of aromatic amines is 1. The summed E-state index contributed by atoms with van der Waals surface area (Å²) < 4.78 is 20.6. The predicted octanol–water partition coefficient (Wildman–Crippen LogP) is 4.16. The number of carbonyl (C=O) groups is 2. The molecule has 1 saturated heterocycles. The van der Waals surface area contributed by atoms with E-state index in [2.05, 4.69) is 30.9 Å². The second-order valence-electron chi connectivity index (χ2n) is 10.5. The first-order valence-electron chi connectivity index (χ1n) is 13.9. The molecule has 3 N–H and O–H groups in total. The highest BCUT2D eigenvalue weighted by molar-refractivity contribution is 7.48. The Morgan fingerprint density at radius 1 is 1.00 bits per heavy atom. The summed E-state index contributed by atoms with van der Waals surface area (Å²) in [6.45, 7) is 3.95. The molecule has 0 aliphatic carbocycles. The molecule has 0 saturated carbocycles. The number of nitrogens with one attached hydrogen (secondary N) is 1. The molecule has 13 heteroatoms. The zero-order valence-electron chi connectivity index (χ0n) is 24.6. The van der Waals surface area contributed by atoms with E-state index in [9.17, 15) is 24.2 Å². The first-order chi connectivity index (χ1) is 21.0. The van der Waals surface area contributed by atoms with Gasteiger partial charge >= 0.3 is 13.8 Å². The van der Waals surface area contributed by atoms with E-state index in [0.717, 1.165) is 44.5 Å². The van der Waals surface area contributed by atoms with Gasteiger partial charge in [0.15, 0.2) is 5.88 Å². The van der Waals surface area contributed by atoms with Crippen molar-refractivity contribution in [2.75, 3.05) is 58.8 Å². The molecule has 230 valence electrons. The van der Waals surface area contributed by atoms with Gasteiger partial charge in [-0.05, 0) is 43.4 Å². The minimum absolute atomic E-state index is 0.00627. The number of H-pyrrole nitrogens is 1. The third-order valence-electron chi connectivity index (χ3n) is 7.53. The van der Waals surface area contributed by atoms with Crippen LogP contribution in [0, 0.1) is 0 Å². The zero-order valence-corrected chi connectivity index (χ0v) is 25.5. The van der Waals surface area contributed by atoms with Crippen LogP contribution < -0.4 is 4.90 Å². The third-order valence-corrected chi connectivity index (χ3v) is 8.39. The number of likely N-dealkylation sites (N-methyl/N-ethyl adjacent to an activating group) is 2. The van der Waals surface area contributed by atoms with Crippen molar-refractivity contribution in [1.82, 2.24) is 14.8 Å². The highest BCUT2D eigenvalue weighted by Gasteiger charge is 2.26. The molecule has 2 heterocycles. The maximum absolute atomic E-state index is 13.0. The molecule has 0 radical (unpaired) electrons. The Hall–Kier alpha value is -4.32. The Labute approximate surface area is 254 Å². The van der Waals surface area contributed by atoms with Crippen molar-refractivity contribution in [3.8, 4) is 5.88 Å². The molecule has 1 atom stereocenters. The normalized spacial score (nSPS) is 16.0. The van der Waals surface area contributed by atoms with Crippen molar-refractivity contribution < 1.29 is 33.2 Å². The van der Waals surface area contributed by atoms with Crippen molar-refractivity contribution in [1.29, 1.82) is 0 Å². The number of phosphoric ester groups is 1. The summed E-state index contributed by atoms with van der Waals surface area (Å²) >= 11 is 0. The van der Waals surface area contributed by atoms with E-state index in [1.54, 1.807) is 30.1 Å². The van der Waals surface area contributed by atoms with Gasteiger partial charge in [0.2, 0.25) is 5.91 Å². The van der Waals surface area contributed by atoms with E-state index < -0.39 is 13.8 Å². The van der Waals surface area contributed by atoms with E-state index in [1.807, 2.05) is 42.5 Å². The Bertz CT molecular complexity index is 1730. The molecule has 12 nitrogen and oxygen atoms in total. The fraction of sp³-hybridized carbons (Fsp3) is 0.258. The zero-order chi connectivity index (χ0) is 31.4. The lowest BCUT2D eigenvalue weighted by Crippen LogP contribution is -2.48. The van der Waals surface area contributed by atoms with Gasteiger partial charge in [-0.3, -0.25) is 19.1 Å². The number of aromatic hydroxyl groups is 1. The molecule has 1 aliphatic rings. The van der Waals surface area contributed by atoms with Crippen LogP contribution in [0.4, 0.5) is 11.4 Å². The number of hydrogen-bond acceptors (Lipinski definition) is 9. The average Bonchev–Trinajstić information content (AvgIpc) is 3.35. The van der Waals surface area contributed by atoms with Crippen molar-refractivity contribution in [2.24, 2.45) is 4.99 Å². The maximum Gasteiger partial charge on any atom is 0.529 e. The van der Waals surface area contributed by atoms with Crippen LogP contribution in [0.2, 0.25) is 0 Å². The lowest BCUT2D eigenvalue weighted by Gasteiger charge is -2.32. The second kappa shape index (κ2) is 13.1. The summed E-state index contributed by atoms with van der Waals surface area (Å²) in [5, 5.41) is 11.6. The third kappa shape index (κ3) is 7.07. The number of piperazine rings is 1. The summed E-state index contributed by atoms with van der Waals surface area (Å²) in [7, 11) is 0.260. The van der Waals surface area contributed by atoms with E-state index >= 15 is 0 Å². The van der Waals surface area contributed by atoms with E-state index in [0.29, 0.717) is 34.4 Å². The molecule has 1 unspecified atom stereocenters. The summed E-state index contributed by atoms with van der Waals surface area (Å²) in [5.41, 5.74) is 3.31. The van der Waals surface area contributed by atoms with Crippen molar-refractivity contribution in [3.05, 3.63) is 89.5 Å². The first kappa shape index (κ1) is 31.1. The lowest BCUT2D eigenvalue weighted by molar-refractivity contribution is -0.119. The minimum Gasteiger partial charge on any atom is -0.494 e. The number of nitrogens with zero attached hydrogens (tertiary/aromatic N) is 4. The van der Waals surface area contributed by atoms with E-state index in [1.165, 1.54) is 12.1 Å². The Kier molecular flexibility index (Phi) is 9.28. The van der Waals surface area contributed by atoms with Crippen LogP contribution in [0.1, 0.15) is 21.5 Å². The molecule has 1 amide bonds. The quantitative estimate of drug-likeness (QED) is 0.186. The Morgan fingerprint density at radius 2 is 1.68 bits per heavy atom. The second-order valence-corrected chi connectivity index (χ2v) is 12.0. The molecule has 44 heavy (non-hydrogen) atoms. The van der Waals surface area contributed by atoms with E-state index in [-0.39, 0.29) is 17.4 Å². The van der Waals surface area contributed by atoms with Gasteiger partial charge in [0.1, 0.15) is 0 Å². The molecule has 0 bridgehead atoms. The van der Waals surface area contributed by atoms with Crippen LogP contribution in [-0.2, 0) is 18.4 Å². The molecular weight excluding hydrogens is 585 g/mol. The highest BCUT2D eigenvalue weighted by atomic mass is 31.2. The fourth-order valence-electron chi connectivity index (χ4n) is 4.93. The van der Waals surface area contributed by atoms with Crippen LogP contribution in [0.25, 0.3) is 10.9 Å². The summed E-state index contributed by atoms with van der Waals surface area (Å²) in [5.74, 6) is -1.23. The molecular formula is C31H34N5O7P. The van der Waals surface area contributed by atoms with E-state index in [4.69, 9.17) is 4.99 Å². The SMILES string of the molecule is COP(=O)(O)OC(=O)c1ccc2c(C(=Nc3ccc(N(C)C(=O)CN4CCN(C)CC4)cc3)c3ccccc3)c(O)[nH]c2c1. The number of amides is 1. The van der Waals surface area contributed by atoms with Crippen LogP contribution in [0.5, 0.6) is 5.88 Å². The smallest absolute Gasteiger partial charge is 0.494 e. The van der Waals surface area contributed by atoms with Crippen molar-refractivity contribution in [3.63, 3.8) is 0 Å². The van der Waals surface area contributed by atoms with Crippen molar-refractivity contribution >= 4 is 47.7 Å². The molecule has 3 aromatic carbocycles. The molecule has 1 fully saturated rings. The van der Waals surface area contributed by atoms with Gasteiger partial charge in [-0.15, -0.1) is 0 Å². The van der Waals surface area contributed by atoms with Gasteiger partial charge < -0.3 is 24.4 Å². The minimum atomic E-state index is -4.53. The van der Waals surface area contributed by atoms with Crippen molar-refractivity contribution in [2.45, 2.75) is 0 Å². The van der Waals surface area contributed by atoms with Crippen LogP contribution in [0.15, 0.2) is 77.8 Å². The molecule has 1 aliphatic heterocycles. The maximum atomic E-state index is 13.0. The van der Waals surface area contributed by atoms with Crippen LogP contribution >= 0.6 is 7.82 Å². The van der Waals surface area contributed by atoms with Gasteiger partial charge in [-0.2, -0.15) is 0 Å². The number of phosphoric acid groups is 1. The van der Waals surface area contributed by atoms with Gasteiger partial charge in [0, 0.05) is 62.5 Å². The average molecular weight is 620 g/mol. The summed E-state index contributed by atoms with van der Waals surface area (Å²) in [6.07, 6.45) is 0. The van der Waals surface area contributed by atoms with Gasteiger partial charge in [-0.1, -0.05) is 36.4 Å². The number of hydrogen-bond donors (Lipinski definition) is 3. The van der Waals surface area contributed by atoms with Crippen LogP contribution in [0.3, 0.4) is 0 Å². The summed E-state index contributed by atoms with van der Waals surface area (Å²) in [6, 6.07) is 21.0. The van der Waals surface area contributed by atoms with Gasteiger partial charge in [0.05, 0.1) is 29.1 Å². The highest BCUT2D eigenvalue weighted by Crippen LogP contribution is 2.43. The molecule has 4 aromatic rings. The monoisotopic (exact) mass is 619 g/mol. The molecule has 5 rings (SSSR count). The topological polar surface area (TPSA) is 148 Å². The molecule has 0 spiro atoms. The van der Waals surface area contributed by atoms with Gasteiger partial charge in [0.25, 0.3) is 0 Å². The largest absolute Gasteiger partial charge is 0.529 e. The molecule has 1 aromatic heterocycles. The van der Waals surface area contributed by atoms with Gasteiger partial charge in [-0.25, -0.2) is 14.4 Å². The lowest BCUT2D eigenvalue weighted by atomic mass is 10.00. The van der Waals surface area contributed by atoms with Crippen LogP contribution in [-0.4, -0.2) is 96.3 Å². The fourth-order valence-corrected chi connectivity index (χ4v) is 5.32. The standard InChI is InChI=1S/C31H34N5O7P/c1-34-15-17-36(18-16-34)20-27(37)35(2)24-12-10-23(11-13-24)32-29(21-7-5-4-6-8-21)28-25-14-9-22(19-26(25)33-30(28)38)31(39)43-44(40,41)42-3/h4-14,19,33,38H,15-18,20H2,1-3H3,(H,40,41).